The van der Waals surface area contributed by atoms with Crippen LogP contribution in [0.4, 0.5) is 4.39 Å². The predicted molar refractivity (Wildman–Crippen MR) is 79.9 cm³/mol. The lowest BCUT2D eigenvalue weighted by molar-refractivity contribution is 0.219. The Morgan fingerprint density at radius 1 is 1.37 bits per heavy atom. The molecule has 19 heavy (non-hydrogen) atoms. The first-order valence-corrected chi connectivity index (χ1v) is 7.86. The molecule has 1 atom stereocenters. The molecule has 1 unspecified atom stereocenters. The highest BCUT2D eigenvalue weighted by Crippen LogP contribution is 2.38. The molecule has 3 N–H and O–H groups in total. The smallest absolute Gasteiger partial charge is 0.137 e. The SMILES string of the molecule is CCC1CCC(C(NN)c2ccc(Br)c(F)c2)CC1. The highest BCUT2D eigenvalue weighted by Gasteiger charge is 2.27. The number of hydrogen-bond donors (Lipinski definition) is 2. The van der Waals surface area contributed by atoms with E-state index in [2.05, 4.69) is 28.3 Å². The first kappa shape index (κ1) is 14.9. The molecule has 2 rings (SSSR count). The van der Waals surface area contributed by atoms with Gasteiger partial charge in [-0.15, -0.1) is 0 Å². The van der Waals surface area contributed by atoms with Crippen LogP contribution in [0.2, 0.25) is 0 Å². The van der Waals surface area contributed by atoms with Crippen LogP contribution in [0.25, 0.3) is 0 Å². The van der Waals surface area contributed by atoms with Crippen LogP contribution < -0.4 is 11.3 Å². The molecule has 0 amide bonds. The summed E-state index contributed by atoms with van der Waals surface area (Å²) in [4.78, 5) is 0. The third-order valence-electron chi connectivity index (χ3n) is 4.42. The Morgan fingerprint density at radius 3 is 2.58 bits per heavy atom. The van der Waals surface area contributed by atoms with Gasteiger partial charge < -0.3 is 0 Å². The summed E-state index contributed by atoms with van der Waals surface area (Å²) < 4.78 is 14.1. The number of hydrazine groups is 1. The summed E-state index contributed by atoms with van der Waals surface area (Å²) in [7, 11) is 0. The maximum absolute atomic E-state index is 13.6. The Labute approximate surface area is 123 Å². The fourth-order valence-electron chi connectivity index (χ4n) is 3.14. The second-order valence-electron chi connectivity index (χ2n) is 5.51. The summed E-state index contributed by atoms with van der Waals surface area (Å²) >= 11 is 3.19. The molecule has 1 aromatic rings. The quantitative estimate of drug-likeness (QED) is 0.638. The zero-order valence-corrected chi connectivity index (χ0v) is 12.9. The van der Waals surface area contributed by atoms with E-state index >= 15 is 0 Å². The number of nitrogens with two attached hydrogens (primary N) is 1. The molecule has 4 heteroatoms. The van der Waals surface area contributed by atoms with Gasteiger partial charge in [-0.05, 0) is 58.3 Å². The van der Waals surface area contributed by atoms with E-state index in [1.54, 1.807) is 12.1 Å². The van der Waals surface area contributed by atoms with Crippen molar-refractivity contribution in [1.82, 2.24) is 5.43 Å². The standard InChI is InChI=1S/C15H22BrFN2/c1-2-10-3-5-11(6-4-10)15(19-18)12-7-8-13(16)14(17)9-12/h7-11,15,19H,2-6,18H2,1H3. The van der Waals surface area contributed by atoms with Gasteiger partial charge in [0.1, 0.15) is 5.82 Å². The molecular weight excluding hydrogens is 307 g/mol. The van der Waals surface area contributed by atoms with Gasteiger partial charge in [0.2, 0.25) is 0 Å². The Hall–Kier alpha value is -0.450. The van der Waals surface area contributed by atoms with Crippen molar-refractivity contribution in [2.75, 3.05) is 0 Å². The summed E-state index contributed by atoms with van der Waals surface area (Å²) in [5, 5.41) is 0. The van der Waals surface area contributed by atoms with E-state index in [4.69, 9.17) is 5.84 Å². The minimum atomic E-state index is -0.222. The van der Waals surface area contributed by atoms with Crippen molar-refractivity contribution < 1.29 is 4.39 Å². The Balaban J connectivity index is 2.09. The van der Waals surface area contributed by atoms with Gasteiger partial charge in [-0.1, -0.05) is 32.3 Å². The number of halogens is 2. The van der Waals surface area contributed by atoms with Crippen LogP contribution in [0.3, 0.4) is 0 Å². The fourth-order valence-corrected chi connectivity index (χ4v) is 3.39. The van der Waals surface area contributed by atoms with Crippen LogP contribution >= 0.6 is 15.9 Å². The fraction of sp³-hybridized carbons (Fsp3) is 0.600. The lowest BCUT2D eigenvalue weighted by atomic mass is 9.76. The van der Waals surface area contributed by atoms with E-state index < -0.39 is 0 Å². The van der Waals surface area contributed by atoms with E-state index in [-0.39, 0.29) is 11.9 Å². The molecule has 1 aromatic carbocycles. The molecule has 1 aliphatic rings. The first-order chi connectivity index (χ1) is 9.15. The maximum atomic E-state index is 13.6. The van der Waals surface area contributed by atoms with E-state index in [0.29, 0.717) is 10.4 Å². The third kappa shape index (κ3) is 3.56. The molecule has 0 heterocycles. The second kappa shape index (κ2) is 6.82. The van der Waals surface area contributed by atoms with Crippen LogP contribution in [0.15, 0.2) is 22.7 Å². The highest BCUT2D eigenvalue weighted by atomic mass is 79.9. The summed E-state index contributed by atoms with van der Waals surface area (Å²) in [6, 6.07) is 5.34. The van der Waals surface area contributed by atoms with Gasteiger partial charge in [0, 0.05) is 6.04 Å². The van der Waals surface area contributed by atoms with E-state index in [9.17, 15) is 4.39 Å². The molecule has 1 fully saturated rings. The Morgan fingerprint density at radius 2 is 2.05 bits per heavy atom. The first-order valence-electron chi connectivity index (χ1n) is 7.06. The minimum absolute atomic E-state index is 0.0559. The van der Waals surface area contributed by atoms with Gasteiger partial charge in [-0.25, -0.2) is 4.39 Å². The van der Waals surface area contributed by atoms with Crippen LogP contribution in [-0.4, -0.2) is 0 Å². The summed E-state index contributed by atoms with van der Waals surface area (Å²) in [5.41, 5.74) is 3.83. The van der Waals surface area contributed by atoms with Crippen molar-refractivity contribution in [3.63, 3.8) is 0 Å². The average Bonchev–Trinajstić information content (AvgIpc) is 2.44. The van der Waals surface area contributed by atoms with Crippen molar-refractivity contribution in [3.05, 3.63) is 34.1 Å². The van der Waals surface area contributed by atoms with Crippen molar-refractivity contribution in [3.8, 4) is 0 Å². The monoisotopic (exact) mass is 328 g/mol. The molecule has 1 aliphatic carbocycles. The normalized spacial score (nSPS) is 25.3. The molecule has 0 saturated heterocycles. The van der Waals surface area contributed by atoms with E-state index in [0.717, 1.165) is 11.5 Å². The molecular formula is C15H22BrFN2. The summed E-state index contributed by atoms with van der Waals surface area (Å²) in [5.74, 6) is 6.85. The Bertz CT molecular complexity index is 417. The molecule has 0 aromatic heterocycles. The molecule has 2 nitrogen and oxygen atoms in total. The molecule has 0 radical (unpaired) electrons. The van der Waals surface area contributed by atoms with Gasteiger partial charge in [0.15, 0.2) is 0 Å². The van der Waals surface area contributed by atoms with Gasteiger partial charge in [0.25, 0.3) is 0 Å². The van der Waals surface area contributed by atoms with E-state index in [1.807, 2.05) is 6.07 Å². The summed E-state index contributed by atoms with van der Waals surface area (Å²) in [6.45, 7) is 2.26. The number of nitrogens with one attached hydrogen (secondary N) is 1. The molecule has 0 bridgehead atoms. The lowest BCUT2D eigenvalue weighted by Crippen LogP contribution is -2.35. The topological polar surface area (TPSA) is 38.0 Å². The van der Waals surface area contributed by atoms with Crippen LogP contribution in [-0.2, 0) is 0 Å². The largest absolute Gasteiger partial charge is 0.271 e. The highest BCUT2D eigenvalue weighted by molar-refractivity contribution is 9.10. The number of hydrogen-bond acceptors (Lipinski definition) is 2. The maximum Gasteiger partial charge on any atom is 0.137 e. The van der Waals surface area contributed by atoms with Crippen molar-refractivity contribution in [1.29, 1.82) is 0 Å². The average molecular weight is 329 g/mol. The molecule has 0 aliphatic heterocycles. The van der Waals surface area contributed by atoms with E-state index in [1.165, 1.54) is 32.1 Å². The number of rotatable bonds is 4. The van der Waals surface area contributed by atoms with Gasteiger partial charge in [-0.2, -0.15) is 0 Å². The Kier molecular flexibility index (Phi) is 5.37. The van der Waals surface area contributed by atoms with Crippen LogP contribution in [0, 0.1) is 17.7 Å². The molecule has 106 valence electrons. The zero-order valence-electron chi connectivity index (χ0n) is 11.3. The molecule has 0 spiro atoms. The van der Waals surface area contributed by atoms with Gasteiger partial charge >= 0.3 is 0 Å². The van der Waals surface area contributed by atoms with Crippen LogP contribution in [0.5, 0.6) is 0 Å². The summed E-state index contributed by atoms with van der Waals surface area (Å²) in [6.07, 6.45) is 6.13. The lowest BCUT2D eigenvalue weighted by Gasteiger charge is -2.33. The van der Waals surface area contributed by atoms with Crippen molar-refractivity contribution >= 4 is 15.9 Å². The van der Waals surface area contributed by atoms with Crippen molar-refractivity contribution in [2.45, 2.75) is 45.1 Å². The minimum Gasteiger partial charge on any atom is -0.271 e. The van der Waals surface area contributed by atoms with Gasteiger partial charge in [0.05, 0.1) is 4.47 Å². The third-order valence-corrected chi connectivity index (χ3v) is 5.07. The predicted octanol–water partition coefficient (Wildman–Crippen LogP) is 4.31. The molecule has 1 saturated carbocycles. The second-order valence-corrected chi connectivity index (χ2v) is 6.36. The van der Waals surface area contributed by atoms with Crippen molar-refractivity contribution in [2.24, 2.45) is 17.7 Å². The zero-order chi connectivity index (χ0) is 13.8. The van der Waals surface area contributed by atoms with Gasteiger partial charge in [-0.3, -0.25) is 11.3 Å². The van der Waals surface area contributed by atoms with Crippen LogP contribution in [0.1, 0.15) is 50.6 Å². The number of benzene rings is 1.